The Kier molecular flexibility index (Phi) is 2.58. The van der Waals surface area contributed by atoms with Crippen LogP contribution in [0.2, 0.25) is 0 Å². The van der Waals surface area contributed by atoms with E-state index in [1.807, 2.05) is 26.0 Å². The predicted molar refractivity (Wildman–Crippen MR) is 49.1 cm³/mol. The molecule has 0 bridgehead atoms. The van der Waals surface area contributed by atoms with Crippen molar-refractivity contribution in [2.75, 3.05) is 7.11 Å². The SMILES string of the molecule is COC(C)(C)C1=CCC(O)=CC1. The van der Waals surface area contributed by atoms with Crippen LogP contribution in [0.3, 0.4) is 0 Å². The van der Waals surface area contributed by atoms with Gasteiger partial charge in [-0.2, -0.15) is 0 Å². The fourth-order valence-electron chi connectivity index (χ4n) is 1.24. The minimum atomic E-state index is -0.197. The molecule has 0 aromatic rings. The standard InChI is InChI=1S/C10H16O2/c1-10(2,12-3)8-4-6-9(11)7-5-8/h4,7,11H,5-6H2,1-3H3. The van der Waals surface area contributed by atoms with E-state index in [-0.39, 0.29) is 5.60 Å². The van der Waals surface area contributed by atoms with E-state index in [1.165, 1.54) is 5.57 Å². The molecule has 0 fully saturated rings. The van der Waals surface area contributed by atoms with Gasteiger partial charge < -0.3 is 9.84 Å². The van der Waals surface area contributed by atoms with Crippen LogP contribution in [-0.4, -0.2) is 17.8 Å². The summed E-state index contributed by atoms with van der Waals surface area (Å²) in [5, 5.41) is 9.14. The van der Waals surface area contributed by atoms with Crippen molar-refractivity contribution in [2.24, 2.45) is 0 Å². The van der Waals surface area contributed by atoms with Gasteiger partial charge in [0.05, 0.1) is 11.4 Å². The first-order valence-corrected chi connectivity index (χ1v) is 4.19. The van der Waals surface area contributed by atoms with Crippen molar-refractivity contribution in [3.63, 3.8) is 0 Å². The summed E-state index contributed by atoms with van der Waals surface area (Å²) >= 11 is 0. The van der Waals surface area contributed by atoms with Gasteiger partial charge in [-0.25, -0.2) is 0 Å². The molecule has 1 aliphatic rings. The molecule has 0 amide bonds. The highest BCUT2D eigenvalue weighted by Gasteiger charge is 2.22. The molecule has 0 saturated carbocycles. The normalized spacial score (nSPS) is 18.6. The van der Waals surface area contributed by atoms with Crippen molar-refractivity contribution in [1.82, 2.24) is 0 Å². The predicted octanol–water partition coefficient (Wildman–Crippen LogP) is 2.57. The molecule has 0 heterocycles. The smallest absolute Gasteiger partial charge is 0.0923 e. The molecule has 1 N–H and O–H groups in total. The largest absolute Gasteiger partial charge is 0.512 e. The van der Waals surface area contributed by atoms with Gasteiger partial charge >= 0.3 is 0 Å². The van der Waals surface area contributed by atoms with Crippen LogP contribution >= 0.6 is 0 Å². The van der Waals surface area contributed by atoms with Crippen LogP contribution in [-0.2, 0) is 4.74 Å². The van der Waals surface area contributed by atoms with Crippen molar-refractivity contribution in [1.29, 1.82) is 0 Å². The zero-order valence-electron chi connectivity index (χ0n) is 7.92. The fraction of sp³-hybridized carbons (Fsp3) is 0.600. The van der Waals surface area contributed by atoms with E-state index in [2.05, 4.69) is 0 Å². The van der Waals surface area contributed by atoms with Gasteiger partial charge in [-0.3, -0.25) is 0 Å². The van der Waals surface area contributed by atoms with E-state index in [1.54, 1.807) is 7.11 Å². The number of aliphatic hydroxyl groups is 1. The number of hydrogen-bond donors (Lipinski definition) is 1. The molecule has 0 radical (unpaired) electrons. The van der Waals surface area contributed by atoms with Crippen LogP contribution < -0.4 is 0 Å². The average molecular weight is 168 g/mol. The summed E-state index contributed by atoms with van der Waals surface area (Å²) in [6, 6.07) is 0. The minimum Gasteiger partial charge on any atom is -0.512 e. The van der Waals surface area contributed by atoms with Crippen LogP contribution in [0.1, 0.15) is 26.7 Å². The van der Waals surface area contributed by atoms with Gasteiger partial charge in [0.1, 0.15) is 0 Å². The maximum Gasteiger partial charge on any atom is 0.0923 e. The number of aliphatic hydroxyl groups excluding tert-OH is 1. The zero-order chi connectivity index (χ0) is 9.19. The number of ether oxygens (including phenoxy) is 1. The third-order valence-corrected chi connectivity index (χ3v) is 2.40. The maximum absolute atomic E-state index is 9.14. The van der Waals surface area contributed by atoms with Crippen molar-refractivity contribution >= 4 is 0 Å². The van der Waals surface area contributed by atoms with Gasteiger partial charge in [0.25, 0.3) is 0 Å². The summed E-state index contributed by atoms with van der Waals surface area (Å²) in [6.07, 6.45) is 5.32. The molecule has 0 unspecified atom stereocenters. The summed E-state index contributed by atoms with van der Waals surface area (Å²) < 4.78 is 5.33. The molecular weight excluding hydrogens is 152 g/mol. The molecule has 2 heteroatoms. The maximum atomic E-state index is 9.14. The van der Waals surface area contributed by atoms with Crippen LogP contribution in [0.15, 0.2) is 23.5 Å². The summed E-state index contributed by atoms with van der Waals surface area (Å²) in [5.74, 6) is 0.464. The number of methoxy groups -OCH3 is 1. The highest BCUT2D eigenvalue weighted by Crippen LogP contribution is 2.27. The molecule has 12 heavy (non-hydrogen) atoms. The van der Waals surface area contributed by atoms with E-state index in [0.717, 1.165) is 6.42 Å². The average Bonchev–Trinajstić information content (AvgIpc) is 2.05. The van der Waals surface area contributed by atoms with Gasteiger partial charge in [0, 0.05) is 13.5 Å². The van der Waals surface area contributed by atoms with Crippen molar-refractivity contribution in [3.8, 4) is 0 Å². The zero-order valence-corrected chi connectivity index (χ0v) is 7.92. The molecule has 0 aromatic carbocycles. The first-order chi connectivity index (χ1) is 5.56. The molecule has 2 nitrogen and oxygen atoms in total. The lowest BCUT2D eigenvalue weighted by molar-refractivity contribution is 0.0526. The highest BCUT2D eigenvalue weighted by molar-refractivity contribution is 5.24. The Hall–Kier alpha value is -0.760. The summed E-state index contributed by atoms with van der Waals surface area (Å²) in [6.45, 7) is 4.07. The molecule has 68 valence electrons. The second-order valence-corrected chi connectivity index (χ2v) is 3.55. The summed E-state index contributed by atoms with van der Waals surface area (Å²) in [4.78, 5) is 0. The third kappa shape index (κ3) is 1.89. The molecule has 0 aromatic heterocycles. The summed E-state index contributed by atoms with van der Waals surface area (Å²) in [7, 11) is 1.71. The second kappa shape index (κ2) is 3.31. The van der Waals surface area contributed by atoms with E-state index in [4.69, 9.17) is 9.84 Å². The first kappa shape index (κ1) is 9.33. The Morgan fingerprint density at radius 3 is 2.42 bits per heavy atom. The second-order valence-electron chi connectivity index (χ2n) is 3.55. The van der Waals surface area contributed by atoms with Gasteiger partial charge in [-0.15, -0.1) is 0 Å². The Labute approximate surface area is 73.5 Å². The van der Waals surface area contributed by atoms with Crippen molar-refractivity contribution in [3.05, 3.63) is 23.5 Å². The van der Waals surface area contributed by atoms with E-state index in [0.29, 0.717) is 12.2 Å². The minimum absolute atomic E-state index is 0.197. The number of allylic oxidation sites excluding steroid dienone is 2. The third-order valence-electron chi connectivity index (χ3n) is 2.40. The monoisotopic (exact) mass is 168 g/mol. The summed E-state index contributed by atoms with van der Waals surface area (Å²) in [5.41, 5.74) is 1.04. The molecule has 0 saturated heterocycles. The number of hydrogen-bond acceptors (Lipinski definition) is 2. The molecule has 1 aliphatic carbocycles. The Balaban J connectivity index is 2.68. The van der Waals surface area contributed by atoms with E-state index in [9.17, 15) is 0 Å². The van der Waals surface area contributed by atoms with Crippen LogP contribution in [0.5, 0.6) is 0 Å². The van der Waals surface area contributed by atoms with Gasteiger partial charge in [0.2, 0.25) is 0 Å². The van der Waals surface area contributed by atoms with Crippen LogP contribution in [0.25, 0.3) is 0 Å². The van der Waals surface area contributed by atoms with E-state index >= 15 is 0 Å². The topological polar surface area (TPSA) is 29.5 Å². The lowest BCUT2D eigenvalue weighted by Crippen LogP contribution is -2.26. The number of rotatable bonds is 2. The lowest BCUT2D eigenvalue weighted by Gasteiger charge is -2.27. The molecule has 0 aliphatic heterocycles. The Morgan fingerprint density at radius 1 is 1.33 bits per heavy atom. The molecule has 0 atom stereocenters. The van der Waals surface area contributed by atoms with Crippen LogP contribution in [0.4, 0.5) is 0 Å². The highest BCUT2D eigenvalue weighted by atomic mass is 16.5. The Bertz CT molecular complexity index is 224. The molecule has 1 rings (SSSR count). The quantitative estimate of drug-likeness (QED) is 0.642. The van der Waals surface area contributed by atoms with Gasteiger partial charge in [0.15, 0.2) is 0 Å². The fourth-order valence-corrected chi connectivity index (χ4v) is 1.24. The molecular formula is C10H16O2. The van der Waals surface area contributed by atoms with Gasteiger partial charge in [-0.05, 0) is 31.9 Å². The lowest BCUT2D eigenvalue weighted by atomic mass is 9.91. The van der Waals surface area contributed by atoms with E-state index < -0.39 is 0 Å². The van der Waals surface area contributed by atoms with Crippen molar-refractivity contribution < 1.29 is 9.84 Å². The van der Waals surface area contributed by atoms with Crippen molar-refractivity contribution in [2.45, 2.75) is 32.3 Å². The van der Waals surface area contributed by atoms with Crippen LogP contribution in [0, 0.1) is 0 Å². The van der Waals surface area contributed by atoms with Gasteiger partial charge in [-0.1, -0.05) is 6.08 Å². The first-order valence-electron chi connectivity index (χ1n) is 4.19. The molecule has 0 spiro atoms. The Morgan fingerprint density at radius 2 is 2.00 bits per heavy atom.